The molecule has 0 saturated carbocycles. The Balaban J connectivity index is 2.60. The molecule has 1 heterocycles. The van der Waals surface area contributed by atoms with Crippen LogP contribution in [0, 0.1) is 5.82 Å². The van der Waals surface area contributed by atoms with Crippen molar-refractivity contribution in [1.82, 2.24) is 4.98 Å². The summed E-state index contributed by atoms with van der Waals surface area (Å²) in [5.41, 5.74) is -1.53. The van der Waals surface area contributed by atoms with Gasteiger partial charge >= 0.3 is 6.18 Å². The zero-order valence-corrected chi connectivity index (χ0v) is 9.41. The highest BCUT2D eigenvalue weighted by Crippen LogP contribution is 2.36. The van der Waals surface area contributed by atoms with Gasteiger partial charge in [0.25, 0.3) is 0 Å². The van der Waals surface area contributed by atoms with Crippen LogP contribution in [0.25, 0.3) is 11.1 Å². The molecule has 2 rings (SSSR count). The lowest BCUT2D eigenvalue weighted by Gasteiger charge is -2.12. The molecule has 0 aliphatic heterocycles. The van der Waals surface area contributed by atoms with Gasteiger partial charge in [-0.2, -0.15) is 13.2 Å². The first-order valence-electron chi connectivity index (χ1n) is 5.21. The second kappa shape index (κ2) is 4.79. The summed E-state index contributed by atoms with van der Waals surface area (Å²) < 4.78 is 51.8. The Morgan fingerprint density at radius 1 is 1.16 bits per heavy atom. The van der Waals surface area contributed by atoms with Gasteiger partial charge in [0.05, 0.1) is 5.56 Å². The first kappa shape index (κ1) is 13.2. The van der Waals surface area contributed by atoms with Crippen molar-refractivity contribution in [2.75, 3.05) is 0 Å². The number of carbonyl (C=O) groups excluding carboxylic acids is 1. The highest BCUT2D eigenvalue weighted by atomic mass is 19.4. The van der Waals surface area contributed by atoms with Gasteiger partial charge in [0.1, 0.15) is 5.69 Å². The first-order valence-corrected chi connectivity index (χ1v) is 5.21. The highest BCUT2D eigenvalue weighted by Gasteiger charge is 2.33. The number of hydrogen-bond acceptors (Lipinski definition) is 2. The molecule has 6 heteroatoms. The molecular weight excluding hydrogens is 262 g/mol. The predicted molar refractivity (Wildman–Crippen MR) is 60.0 cm³/mol. The molecule has 0 unspecified atom stereocenters. The van der Waals surface area contributed by atoms with Crippen LogP contribution in [0.4, 0.5) is 17.6 Å². The number of hydrogen-bond donors (Lipinski definition) is 0. The minimum absolute atomic E-state index is 0.0315. The Morgan fingerprint density at radius 2 is 1.84 bits per heavy atom. The van der Waals surface area contributed by atoms with Crippen LogP contribution in [0.15, 0.2) is 36.5 Å². The van der Waals surface area contributed by atoms with Crippen LogP contribution >= 0.6 is 0 Å². The van der Waals surface area contributed by atoms with E-state index in [9.17, 15) is 22.4 Å². The molecule has 0 spiro atoms. The maximum absolute atomic E-state index is 13.4. The summed E-state index contributed by atoms with van der Waals surface area (Å²) in [5.74, 6) is -0.954. The van der Waals surface area contributed by atoms with Crippen LogP contribution < -0.4 is 0 Å². The monoisotopic (exact) mass is 269 g/mol. The predicted octanol–water partition coefficient (Wildman–Crippen LogP) is 3.72. The summed E-state index contributed by atoms with van der Waals surface area (Å²) >= 11 is 0. The summed E-state index contributed by atoms with van der Waals surface area (Å²) in [5, 5.41) is 0. The van der Waals surface area contributed by atoms with Crippen molar-refractivity contribution in [3.63, 3.8) is 0 Å². The minimum atomic E-state index is -4.55. The van der Waals surface area contributed by atoms with Gasteiger partial charge in [0.15, 0.2) is 12.1 Å². The number of aldehydes is 1. The molecule has 0 N–H and O–H groups in total. The Hall–Kier alpha value is -2.24. The van der Waals surface area contributed by atoms with E-state index in [1.807, 2.05) is 0 Å². The van der Waals surface area contributed by atoms with Gasteiger partial charge in [0.2, 0.25) is 0 Å². The fourth-order valence-electron chi connectivity index (χ4n) is 1.66. The fourth-order valence-corrected chi connectivity index (χ4v) is 1.66. The zero-order chi connectivity index (χ0) is 14.0. The molecule has 0 aliphatic carbocycles. The Bertz CT molecular complexity index is 622. The van der Waals surface area contributed by atoms with Crippen molar-refractivity contribution in [3.05, 3.63) is 53.6 Å². The molecule has 2 nitrogen and oxygen atoms in total. The van der Waals surface area contributed by atoms with Gasteiger partial charge < -0.3 is 0 Å². The molecule has 19 heavy (non-hydrogen) atoms. The fraction of sp³-hybridized carbons (Fsp3) is 0.0769. The van der Waals surface area contributed by atoms with Crippen molar-refractivity contribution in [2.45, 2.75) is 6.18 Å². The van der Waals surface area contributed by atoms with Gasteiger partial charge in [-0.1, -0.05) is 18.2 Å². The summed E-state index contributed by atoms with van der Waals surface area (Å²) in [6.45, 7) is 0. The second-order valence-corrected chi connectivity index (χ2v) is 3.75. The maximum Gasteiger partial charge on any atom is 0.417 e. The molecule has 0 atom stereocenters. The number of pyridine rings is 1. The van der Waals surface area contributed by atoms with Gasteiger partial charge in [-0.25, -0.2) is 9.37 Å². The third kappa shape index (κ3) is 2.62. The van der Waals surface area contributed by atoms with E-state index in [1.54, 1.807) is 0 Å². The number of halogens is 4. The van der Waals surface area contributed by atoms with Gasteiger partial charge in [-0.3, -0.25) is 4.79 Å². The van der Waals surface area contributed by atoms with Crippen LogP contribution in [0.1, 0.15) is 16.1 Å². The van der Waals surface area contributed by atoms with Crippen molar-refractivity contribution >= 4 is 6.29 Å². The van der Waals surface area contributed by atoms with Crippen LogP contribution in [0.5, 0.6) is 0 Å². The van der Waals surface area contributed by atoms with Crippen molar-refractivity contribution in [2.24, 2.45) is 0 Å². The first-order chi connectivity index (χ1) is 8.93. The van der Waals surface area contributed by atoms with Crippen LogP contribution in [-0.2, 0) is 6.18 Å². The number of rotatable bonds is 2. The SMILES string of the molecule is O=Cc1ncc(-c2ccccc2C(F)(F)F)cc1F. The van der Waals surface area contributed by atoms with Crippen LogP contribution in [-0.4, -0.2) is 11.3 Å². The topological polar surface area (TPSA) is 30.0 Å². The zero-order valence-electron chi connectivity index (χ0n) is 9.41. The summed E-state index contributed by atoms with van der Waals surface area (Å²) in [7, 11) is 0. The molecule has 0 saturated heterocycles. The van der Waals surface area contributed by atoms with Crippen molar-refractivity contribution in [1.29, 1.82) is 0 Å². The lowest BCUT2D eigenvalue weighted by atomic mass is 10.0. The van der Waals surface area contributed by atoms with Crippen molar-refractivity contribution in [3.8, 4) is 11.1 Å². The molecular formula is C13H7F4NO. The largest absolute Gasteiger partial charge is 0.417 e. The van der Waals surface area contributed by atoms with E-state index in [0.29, 0.717) is 0 Å². The molecule has 1 aromatic carbocycles. The normalized spacial score (nSPS) is 11.4. The molecule has 98 valence electrons. The number of alkyl halides is 3. The number of aromatic nitrogens is 1. The average molecular weight is 269 g/mol. The minimum Gasteiger partial charge on any atom is -0.296 e. The average Bonchev–Trinajstić information content (AvgIpc) is 2.37. The molecule has 1 aromatic heterocycles. The number of benzene rings is 1. The van der Waals surface area contributed by atoms with E-state index in [4.69, 9.17) is 0 Å². The Morgan fingerprint density at radius 3 is 2.42 bits per heavy atom. The summed E-state index contributed by atoms with van der Waals surface area (Å²) in [4.78, 5) is 13.9. The van der Waals surface area contributed by atoms with Crippen LogP contribution in [0.2, 0.25) is 0 Å². The van der Waals surface area contributed by atoms with Crippen LogP contribution in [0.3, 0.4) is 0 Å². The van der Waals surface area contributed by atoms with Gasteiger partial charge in [-0.05, 0) is 17.7 Å². The number of nitrogens with zero attached hydrogens (tertiary/aromatic N) is 1. The molecule has 0 aliphatic rings. The smallest absolute Gasteiger partial charge is 0.296 e. The molecule has 0 radical (unpaired) electrons. The summed E-state index contributed by atoms with van der Waals surface area (Å²) in [6, 6.07) is 5.65. The van der Waals surface area contributed by atoms with E-state index < -0.39 is 23.3 Å². The Kier molecular flexibility index (Phi) is 3.33. The van der Waals surface area contributed by atoms with Gasteiger partial charge in [0, 0.05) is 11.8 Å². The number of carbonyl (C=O) groups is 1. The lowest BCUT2D eigenvalue weighted by molar-refractivity contribution is -0.137. The third-order valence-corrected chi connectivity index (χ3v) is 2.52. The summed E-state index contributed by atoms with van der Waals surface area (Å²) in [6.07, 6.45) is -3.30. The van der Waals surface area contributed by atoms with E-state index >= 15 is 0 Å². The third-order valence-electron chi connectivity index (χ3n) is 2.52. The van der Waals surface area contributed by atoms with E-state index in [1.165, 1.54) is 18.2 Å². The molecule has 0 bridgehead atoms. The highest BCUT2D eigenvalue weighted by molar-refractivity contribution is 5.75. The second-order valence-electron chi connectivity index (χ2n) is 3.75. The standard InChI is InChI=1S/C13H7F4NO/c14-11-5-8(6-18-12(11)7-19)9-3-1-2-4-10(9)13(15,16)17/h1-7H. The molecule has 0 fully saturated rings. The molecule has 2 aromatic rings. The molecule has 0 amide bonds. The van der Waals surface area contributed by atoms with E-state index in [2.05, 4.69) is 4.98 Å². The van der Waals surface area contributed by atoms with Crippen molar-refractivity contribution < 1.29 is 22.4 Å². The maximum atomic E-state index is 13.4. The van der Waals surface area contributed by atoms with Gasteiger partial charge in [-0.15, -0.1) is 0 Å². The Labute approximate surface area is 105 Å². The quantitative estimate of drug-likeness (QED) is 0.614. The van der Waals surface area contributed by atoms with E-state index in [0.717, 1.165) is 18.3 Å². The lowest BCUT2D eigenvalue weighted by Crippen LogP contribution is -2.07. The van der Waals surface area contributed by atoms with E-state index in [-0.39, 0.29) is 17.4 Å².